The fraction of sp³-hybridized carbons (Fsp3) is 0.391. The Labute approximate surface area is 323 Å². The molecule has 0 saturated heterocycles. The molecule has 9 nitrogen and oxygen atoms in total. The topological polar surface area (TPSA) is 133 Å². The molecule has 1 aliphatic rings. The van der Waals surface area contributed by atoms with Crippen LogP contribution < -0.4 is 5.32 Å². The van der Waals surface area contributed by atoms with Gasteiger partial charge < -0.3 is 19.6 Å². The van der Waals surface area contributed by atoms with Gasteiger partial charge in [0.15, 0.2) is 5.78 Å². The van der Waals surface area contributed by atoms with Crippen molar-refractivity contribution in [3.05, 3.63) is 108 Å². The Bertz CT molecular complexity index is 1970. The maximum absolute atomic E-state index is 13.7. The van der Waals surface area contributed by atoms with Gasteiger partial charge in [-0.1, -0.05) is 104 Å². The van der Waals surface area contributed by atoms with E-state index in [9.17, 15) is 28.8 Å². The standard InChI is InChI=1S/C46H51NO8/c1-30(48)21-23-34(31(2)49)27-37(50)28-36(45(52)54-3)15-5-4-6-20-44(51)43(26-32-22-24-33-13-7-8-14-35(33)25-32)47-46(53)55-29-42-40-18-11-9-16-38(40)39-17-10-12-19-41(39)42/h7-14,16-19,22,24-25,34,36,42-43H,4-6,15,20-21,23,26-29H2,1-3H3,(H,47,53)/t34-,36-,43+/m1/s1. The van der Waals surface area contributed by atoms with Gasteiger partial charge in [0.25, 0.3) is 0 Å². The molecule has 55 heavy (non-hydrogen) atoms. The molecule has 288 valence electrons. The predicted octanol–water partition coefficient (Wildman–Crippen LogP) is 8.52. The van der Waals surface area contributed by atoms with E-state index in [0.717, 1.165) is 38.6 Å². The monoisotopic (exact) mass is 745 g/mol. The highest BCUT2D eigenvalue weighted by atomic mass is 16.5. The van der Waals surface area contributed by atoms with Gasteiger partial charge in [0.1, 0.15) is 24.0 Å². The first kappa shape index (κ1) is 40.7. The Morgan fingerprint density at radius 2 is 1.33 bits per heavy atom. The van der Waals surface area contributed by atoms with Crippen molar-refractivity contribution in [1.82, 2.24) is 5.32 Å². The van der Waals surface area contributed by atoms with Gasteiger partial charge in [-0.15, -0.1) is 0 Å². The van der Waals surface area contributed by atoms with Crippen LogP contribution in [0.25, 0.3) is 21.9 Å². The van der Waals surface area contributed by atoms with Gasteiger partial charge in [-0.25, -0.2) is 4.79 Å². The Balaban J connectivity index is 1.17. The number of benzene rings is 4. The van der Waals surface area contributed by atoms with Crippen LogP contribution in [0, 0.1) is 11.8 Å². The van der Waals surface area contributed by atoms with Crippen molar-refractivity contribution in [2.24, 2.45) is 11.8 Å². The van der Waals surface area contributed by atoms with Crippen molar-refractivity contribution in [3.8, 4) is 11.1 Å². The minimum Gasteiger partial charge on any atom is -0.469 e. The number of alkyl carbamates (subject to hydrolysis) is 1. The molecule has 4 aromatic rings. The molecule has 1 amide bonds. The van der Waals surface area contributed by atoms with Crippen molar-refractivity contribution in [1.29, 1.82) is 0 Å². The highest BCUT2D eigenvalue weighted by Crippen LogP contribution is 2.44. The number of methoxy groups -OCH3 is 1. The maximum Gasteiger partial charge on any atom is 0.407 e. The second-order valence-corrected chi connectivity index (χ2v) is 14.7. The minimum atomic E-state index is -0.811. The number of unbranched alkanes of at least 4 members (excludes halogenated alkanes) is 2. The molecule has 4 aromatic carbocycles. The van der Waals surface area contributed by atoms with Crippen LogP contribution in [0.15, 0.2) is 91.0 Å². The number of ketones is 4. The van der Waals surface area contributed by atoms with Gasteiger partial charge in [-0.2, -0.15) is 0 Å². The zero-order valence-electron chi connectivity index (χ0n) is 32.0. The lowest BCUT2D eigenvalue weighted by molar-refractivity contribution is -0.147. The van der Waals surface area contributed by atoms with Crippen LogP contribution in [0.4, 0.5) is 4.79 Å². The summed E-state index contributed by atoms with van der Waals surface area (Å²) < 4.78 is 10.8. The third kappa shape index (κ3) is 11.3. The molecule has 9 heteroatoms. The molecule has 0 unspecified atom stereocenters. The normalized spacial score (nSPS) is 13.6. The van der Waals surface area contributed by atoms with Crippen molar-refractivity contribution in [3.63, 3.8) is 0 Å². The molecule has 1 N–H and O–H groups in total. The number of carbonyl (C=O) groups is 6. The largest absolute Gasteiger partial charge is 0.469 e. The molecule has 1 aliphatic carbocycles. The second-order valence-electron chi connectivity index (χ2n) is 14.7. The van der Waals surface area contributed by atoms with Crippen LogP contribution in [0.1, 0.15) is 94.2 Å². The van der Waals surface area contributed by atoms with E-state index in [-0.39, 0.29) is 61.3 Å². The van der Waals surface area contributed by atoms with Crippen LogP contribution in [0.5, 0.6) is 0 Å². The Morgan fingerprint density at radius 1 is 0.691 bits per heavy atom. The highest BCUT2D eigenvalue weighted by Gasteiger charge is 2.30. The minimum absolute atomic E-state index is 0.0140. The first-order valence-electron chi connectivity index (χ1n) is 19.2. The Morgan fingerprint density at radius 3 is 1.98 bits per heavy atom. The molecule has 0 heterocycles. The molecule has 0 spiro atoms. The van der Waals surface area contributed by atoms with Gasteiger partial charge in [0, 0.05) is 37.5 Å². The predicted molar refractivity (Wildman–Crippen MR) is 212 cm³/mol. The van der Waals surface area contributed by atoms with Crippen molar-refractivity contribution in [2.75, 3.05) is 13.7 Å². The number of nitrogens with one attached hydrogen (secondary N) is 1. The summed E-state index contributed by atoms with van der Waals surface area (Å²) in [7, 11) is 1.28. The summed E-state index contributed by atoms with van der Waals surface area (Å²) in [5.41, 5.74) is 5.37. The van der Waals surface area contributed by atoms with Crippen molar-refractivity contribution < 1.29 is 38.2 Å². The van der Waals surface area contributed by atoms with Crippen LogP contribution in [-0.2, 0) is 39.9 Å². The highest BCUT2D eigenvalue weighted by molar-refractivity contribution is 5.90. The second kappa shape index (κ2) is 19.8. The summed E-state index contributed by atoms with van der Waals surface area (Å²) in [4.78, 5) is 76.1. The average molecular weight is 746 g/mol. The number of esters is 1. The molecule has 0 aromatic heterocycles. The number of amides is 1. The SMILES string of the molecule is COC(=O)[C@H](CCCCCC(=O)[C@H](Cc1ccc2ccccc2c1)NC(=O)OCC1c2ccccc2-c2ccccc21)CC(=O)C[C@@H](CCC(C)=O)C(C)=O. The number of hydrogen-bond acceptors (Lipinski definition) is 8. The molecule has 0 saturated carbocycles. The summed E-state index contributed by atoms with van der Waals surface area (Å²) in [6, 6.07) is 29.4. The number of ether oxygens (including phenoxy) is 2. The average Bonchev–Trinajstić information content (AvgIpc) is 3.50. The summed E-state index contributed by atoms with van der Waals surface area (Å²) >= 11 is 0. The van der Waals surface area contributed by atoms with Crippen molar-refractivity contribution in [2.45, 2.75) is 90.0 Å². The maximum atomic E-state index is 13.7. The molecule has 0 bridgehead atoms. The van der Waals surface area contributed by atoms with Gasteiger partial charge in [-0.05, 0) is 78.1 Å². The van der Waals surface area contributed by atoms with Crippen LogP contribution in [0.3, 0.4) is 0 Å². The molecule has 5 rings (SSSR count). The quantitative estimate of drug-likeness (QED) is 0.0663. The zero-order chi connectivity index (χ0) is 39.3. The third-order valence-corrected chi connectivity index (χ3v) is 10.7. The van der Waals surface area contributed by atoms with Gasteiger partial charge in [-0.3, -0.25) is 19.2 Å². The number of carbonyl (C=O) groups excluding carboxylic acids is 6. The van der Waals surface area contributed by atoms with E-state index in [1.165, 1.54) is 21.0 Å². The van der Waals surface area contributed by atoms with E-state index >= 15 is 0 Å². The van der Waals surface area contributed by atoms with Gasteiger partial charge in [0.2, 0.25) is 0 Å². The summed E-state index contributed by atoms with van der Waals surface area (Å²) in [5.74, 6) is -2.35. The first-order chi connectivity index (χ1) is 26.5. The molecular formula is C46H51NO8. The lowest BCUT2D eigenvalue weighted by atomic mass is 9.88. The molecule has 0 aliphatic heterocycles. The smallest absolute Gasteiger partial charge is 0.407 e. The number of Topliss-reactive ketones (excluding diaryl/α,β-unsaturated/α-hetero) is 4. The Kier molecular flexibility index (Phi) is 14.6. The van der Waals surface area contributed by atoms with E-state index in [1.807, 2.05) is 66.7 Å². The van der Waals surface area contributed by atoms with E-state index < -0.39 is 29.9 Å². The lowest BCUT2D eigenvalue weighted by Gasteiger charge is -2.20. The third-order valence-electron chi connectivity index (χ3n) is 10.7. The fourth-order valence-corrected chi connectivity index (χ4v) is 7.60. The van der Waals surface area contributed by atoms with E-state index in [4.69, 9.17) is 9.47 Å². The van der Waals surface area contributed by atoms with E-state index in [1.54, 1.807) is 0 Å². The Hall–Kier alpha value is -5.44. The van der Waals surface area contributed by atoms with Gasteiger partial charge >= 0.3 is 12.1 Å². The fourth-order valence-electron chi connectivity index (χ4n) is 7.60. The van der Waals surface area contributed by atoms with Crippen LogP contribution in [-0.4, -0.2) is 55.0 Å². The summed E-state index contributed by atoms with van der Waals surface area (Å²) in [6.45, 7) is 3.00. The number of rotatable bonds is 21. The number of hydrogen-bond donors (Lipinski definition) is 1. The van der Waals surface area contributed by atoms with E-state index in [2.05, 4.69) is 29.6 Å². The summed E-state index contributed by atoms with van der Waals surface area (Å²) in [6.07, 6.45) is 2.45. The molecule has 3 atom stereocenters. The number of fused-ring (bicyclic) bond motifs is 4. The van der Waals surface area contributed by atoms with E-state index in [0.29, 0.717) is 38.5 Å². The van der Waals surface area contributed by atoms with Gasteiger partial charge in [0.05, 0.1) is 19.1 Å². The molecule has 0 fully saturated rings. The first-order valence-corrected chi connectivity index (χ1v) is 19.2. The zero-order valence-corrected chi connectivity index (χ0v) is 32.0. The molecular weight excluding hydrogens is 695 g/mol. The molecule has 0 radical (unpaired) electrons. The van der Waals surface area contributed by atoms with Crippen LogP contribution >= 0.6 is 0 Å². The van der Waals surface area contributed by atoms with Crippen molar-refractivity contribution >= 4 is 46.0 Å². The summed E-state index contributed by atoms with van der Waals surface area (Å²) in [5, 5.41) is 5.00. The van der Waals surface area contributed by atoms with Crippen LogP contribution in [0.2, 0.25) is 0 Å². The lowest BCUT2D eigenvalue weighted by Crippen LogP contribution is -2.43.